The molecule has 0 aromatic heterocycles. The van der Waals surface area contributed by atoms with Crippen molar-refractivity contribution in [1.29, 1.82) is 0 Å². The standard InChI is InChI=1S/C7H10ClN2O4P/c1-14-7-4-5(2-3-6(7)8)9-10-15(11,12)13/h2-4,9H,1H3,(H3,10,11,12,13). The van der Waals surface area contributed by atoms with Gasteiger partial charge in [-0.05, 0) is 12.1 Å². The topological polar surface area (TPSA) is 90.8 Å². The largest absolute Gasteiger partial charge is 0.495 e. The van der Waals surface area contributed by atoms with Crippen LogP contribution < -0.4 is 15.4 Å². The highest BCUT2D eigenvalue weighted by molar-refractivity contribution is 7.49. The van der Waals surface area contributed by atoms with Crippen LogP contribution in [0.15, 0.2) is 18.2 Å². The van der Waals surface area contributed by atoms with E-state index in [0.29, 0.717) is 16.5 Å². The smallest absolute Gasteiger partial charge is 0.417 e. The van der Waals surface area contributed by atoms with E-state index in [0.717, 1.165) is 0 Å². The Labute approximate surface area is 91.4 Å². The maximum Gasteiger partial charge on any atom is 0.417 e. The first kappa shape index (κ1) is 12.3. The monoisotopic (exact) mass is 252 g/mol. The highest BCUT2D eigenvalue weighted by atomic mass is 35.5. The van der Waals surface area contributed by atoms with Gasteiger partial charge < -0.3 is 19.9 Å². The fraction of sp³-hybridized carbons (Fsp3) is 0.143. The molecule has 4 N–H and O–H groups in total. The Hall–Kier alpha value is -0.780. The normalized spacial score (nSPS) is 11.2. The van der Waals surface area contributed by atoms with Crippen LogP contribution in [-0.4, -0.2) is 16.9 Å². The van der Waals surface area contributed by atoms with E-state index in [4.69, 9.17) is 26.1 Å². The Balaban J connectivity index is 2.75. The number of hydrogen-bond donors (Lipinski definition) is 4. The third kappa shape index (κ3) is 4.07. The van der Waals surface area contributed by atoms with E-state index in [1.165, 1.54) is 13.2 Å². The summed E-state index contributed by atoms with van der Waals surface area (Å²) in [5, 5.41) is 2.24. The number of rotatable bonds is 4. The van der Waals surface area contributed by atoms with Gasteiger partial charge >= 0.3 is 7.75 Å². The summed E-state index contributed by atoms with van der Waals surface area (Å²) >= 11 is 5.76. The van der Waals surface area contributed by atoms with Gasteiger partial charge in [0.2, 0.25) is 0 Å². The first-order valence-electron chi connectivity index (χ1n) is 3.85. The number of anilines is 1. The lowest BCUT2D eigenvalue weighted by Gasteiger charge is -2.10. The Kier molecular flexibility index (Phi) is 3.96. The zero-order valence-electron chi connectivity index (χ0n) is 7.77. The Morgan fingerprint density at radius 2 is 2.13 bits per heavy atom. The lowest BCUT2D eigenvalue weighted by atomic mass is 10.3. The number of halogens is 1. The molecule has 0 heterocycles. The molecule has 1 aromatic carbocycles. The SMILES string of the molecule is COc1cc(NNP(=O)(O)O)ccc1Cl. The van der Waals surface area contributed by atoms with Crippen LogP contribution in [0.4, 0.5) is 5.69 Å². The molecule has 0 aliphatic rings. The van der Waals surface area contributed by atoms with Crippen LogP contribution in [0.2, 0.25) is 5.02 Å². The van der Waals surface area contributed by atoms with Gasteiger partial charge in [0.15, 0.2) is 0 Å². The maximum absolute atomic E-state index is 10.5. The molecule has 0 unspecified atom stereocenters. The number of hydrogen-bond acceptors (Lipinski definition) is 3. The van der Waals surface area contributed by atoms with Crippen LogP contribution in [0, 0.1) is 0 Å². The van der Waals surface area contributed by atoms with Gasteiger partial charge in [0.25, 0.3) is 0 Å². The van der Waals surface area contributed by atoms with Gasteiger partial charge in [0.05, 0.1) is 17.8 Å². The molecular weight excluding hydrogens is 243 g/mol. The molecule has 84 valence electrons. The lowest BCUT2D eigenvalue weighted by Crippen LogP contribution is -2.17. The number of nitrogens with one attached hydrogen (secondary N) is 2. The molecule has 1 rings (SSSR count). The third-order valence-electron chi connectivity index (χ3n) is 1.50. The fourth-order valence-electron chi connectivity index (χ4n) is 0.875. The second kappa shape index (κ2) is 4.83. The number of benzene rings is 1. The average molecular weight is 253 g/mol. The summed E-state index contributed by atoms with van der Waals surface area (Å²) in [6.45, 7) is 0. The van der Waals surface area contributed by atoms with Crippen LogP contribution in [0.5, 0.6) is 5.75 Å². The number of ether oxygens (including phenoxy) is 1. The molecular formula is C7H10ClN2O4P. The first-order valence-corrected chi connectivity index (χ1v) is 5.84. The molecule has 0 fully saturated rings. The van der Waals surface area contributed by atoms with Crippen molar-refractivity contribution < 1.29 is 19.1 Å². The van der Waals surface area contributed by atoms with Crippen molar-refractivity contribution in [1.82, 2.24) is 5.20 Å². The minimum absolute atomic E-state index is 0.411. The summed E-state index contributed by atoms with van der Waals surface area (Å²) in [6, 6.07) is 4.60. The van der Waals surface area contributed by atoms with Crippen molar-refractivity contribution >= 4 is 25.0 Å². The van der Waals surface area contributed by atoms with Crippen LogP contribution >= 0.6 is 19.3 Å². The van der Waals surface area contributed by atoms with Gasteiger partial charge in [0.1, 0.15) is 5.75 Å². The van der Waals surface area contributed by atoms with E-state index in [1.807, 2.05) is 5.20 Å². The van der Waals surface area contributed by atoms with E-state index in [9.17, 15) is 4.57 Å². The average Bonchev–Trinajstić information content (AvgIpc) is 2.15. The second-order valence-corrected chi connectivity index (χ2v) is 4.35. The van der Waals surface area contributed by atoms with Crippen molar-refractivity contribution in [2.24, 2.45) is 0 Å². The zero-order valence-corrected chi connectivity index (χ0v) is 9.42. The quantitative estimate of drug-likeness (QED) is 0.478. The number of hydrazine groups is 1. The molecule has 0 aliphatic heterocycles. The molecule has 0 amide bonds. The van der Waals surface area contributed by atoms with E-state index >= 15 is 0 Å². The summed E-state index contributed by atoms with van der Waals surface area (Å²) in [5.41, 5.74) is 2.76. The van der Waals surface area contributed by atoms with E-state index < -0.39 is 7.75 Å². The molecule has 0 radical (unpaired) electrons. The summed E-state index contributed by atoms with van der Waals surface area (Å²) in [4.78, 5) is 17.1. The molecule has 0 aliphatic carbocycles. The Bertz CT molecular complexity index is 395. The minimum atomic E-state index is -4.30. The molecule has 0 spiro atoms. The predicted octanol–water partition coefficient (Wildman–Crippen LogP) is 1.36. The first-order chi connectivity index (χ1) is 6.92. The minimum Gasteiger partial charge on any atom is -0.495 e. The van der Waals surface area contributed by atoms with E-state index in [2.05, 4.69) is 5.43 Å². The van der Waals surface area contributed by atoms with Gasteiger partial charge in [-0.2, -0.15) is 0 Å². The third-order valence-corrected chi connectivity index (χ3v) is 2.21. The molecule has 15 heavy (non-hydrogen) atoms. The molecule has 0 saturated heterocycles. The zero-order chi connectivity index (χ0) is 11.5. The predicted molar refractivity (Wildman–Crippen MR) is 56.8 cm³/mol. The van der Waals surface area contributed by atoms with Gasteiger partial charge in [-0.25, -0.2) is 4.57 Å². The summed E-state index contributed by atoms with van der Waals surface area (Å²) in [6.07, 6.45) is 0. The van der Waals surface area contributed by atoms with Crippen LogP contribution in [-0.2, 0) is 4.57 Å². The Morgan fingerprint density at radius 3 is 2.67 bits per heavy atom. The van der Waals surface area contributed by atoms with Crippen molar-refractivity contribution in [3.63, 3.8) is 0 Å². The van der Waals surface area contributed by atoms with E-state index in [-0.39, 0.29) is 0 Å². The van der Waals surface area contributed by atoms with E-state index in [1.54, 1.807) is 12.1 Å². The second-order valence-electron chi connectivity index (χ2n) is 2.63. The molecule has 6 nitrogen and oxygen atoms in total. The van der Waals surface area contributed by atoms with Crippen LogP contribution in [0.25, 0.3) is 0 Å². The van der Waals surface area contributed by atoms with Crippen LogP contribution in [0.1, 0.15) is 0 Å². The summed E-state index contributed by atoms with van der Waals surface area (Å²) in [7, 11) is -2.86. The van der Waals surface area contributed by atoms with Crippen molar-refractivity contribution in [2.75, 3.05) is 12.5 Å². The van der Waals surface area contributed by atoms with Gasteiger partial charge in [-0.15, -0.1) is 5.20 Å². The summed E-state index contributed by atoms with van der Waals surface area (Å²) in [5.74, 6) is 0.411. The van der Waals surface area contributed by atoms with Crippen LogP contribution in [0.3, 0.4) is 0 Å². The highest BCUT2D eigenvalue weighted by Crippen LogP contribution is 2.30. The maximum atomic E-state index is 10.5. The summed E-state index contributed by atoms with van der Waals surface area (Å²) < 4.78 is 15.4. The number of methoxy groups -OCH3 is 1. The molecule has 1 aromatic rings. The van der Waals surface area contributed by atoms with Gasteiger partial charge in [0, 0.05) is 6.07 Å². The molecule has 0 bridgehead atoms. The van der Waals surface area contributed by atoms with Gasteiger partial charge in [-0.3, -0.25) is 0 Å². The molecule has 0 saturated carbocycles. The Morgan fingerprint density at radius 1 is 1.47 bits per heavy atom. The molecule has 8 heteroatoms. The van der Waals surface area contributed by atoms with Crippen molar-refractivity contribution in [3.8, 4) is 5.75 Å². The van der Waals surface area contributed by atoms with Gasteiger partial charge in [-0.1, -0.05) is 11.6 Å². The fourth-order valence-corrected chi connectivity index (χ4v) is 1.34. The lowest BCUT2D eigenvalue weighted by molar-refractivity contribution is 0.362. The molecule has 0 atom stereocenters. The van der Waals surface area contributed by atoms with Crippen molar-refractivity contribution in [3.05, 3.63) is 23.2 Å². The highest BCUT2D eigenvalue weighted by Gasteiger charge is 2.11. The van der Waals surface area contributed by atoms with Crippen molar-refractivity contribution in [2.45, 2.75) is 0 Å².